The molecule has 0 saturated carbocycles. The van der Waals surface area contributed by atoms with Gasteiger partial charge in [-0.15, -0.1) is 0 Å². The number of nitrogens with one attached hydrogen (secondary N) is 5. The number of unbranched alkanes of at least 4 members (excludes halogenated alkanes) is 1. The van der Waals surface area contributed by atoms with E-state index < -0.39 is 66.7 Å². The third-order valence-electron chi connectivity index (χ3n) is 6.40. The molecule has 15 nitrogen and oxygen atoms in total. The van der Waals surface area contributed by atoms with Crippen LogP contribution in [0.2, 0.25) is 0 Å². The molecule has 0 aliphatic rings. The van der Waals surface area contributed by atoms with Crippen LogP contribution in [0.5, 0.6) is 0 Å². The van der Waals surface area contributed by atoms with Crippen LogP contribution in [0.4, 0.5) is 0 Å². The molecule has 3 atom stereocenters. The van der Waals surface area contributed by atoms with Gasteiger partial charge in [-0.1, -0.05) is 37.5 Å². The zero-order chi connectivity index (χ0) is 32.8. The van der Waals surface area contributed by atoms with Gasteiger partial charge in [-0.05, 0) is 57.2 Å². The molecule has 0 unspecified atom stereocenters. The lowest BCUT2D eigenvalue weighted by Crippen LogP contribution is -2.55. The first-order chi connectivity index (χ1) is 20.8. The first-order valence-corrected chi connectivity index (χ1v) is 15.0. The van der Waals surface area contributed by atoms with Crippen molar-refractivity contribution < 1.29 is 33.9 Å². The Morgan fingerprint density at radius 3 is 2.14 bits per heavy atom. The Labute approximate surface area is 258 Å². The average Bonchev–Trinajstić information content (AvgIpc) is 3.28. The zero-order valence-electron chi connectivity index (χ0n) is 25.0. The van der Waals surface area contributed by atoms with Crippen molar-refractivity contribution in [1.29, 1.82) is 0 Å². The highest BCUT2D eigenvalue weighted by Crippen LogP contribution is 2.15. The van der Waals surface area contributed by atoms with E-state index in [0.29, 0.717) is 24.8 Å². The molecule has 2 aromatic rings. The monoisotopic (exact) mass is 635 g/mol. The van der Waals surface area contributed by atoms with Crippen LogP contribution in [0.15, 0.2) is 29.1 Å². The van der Waals surface area contributed by atoms with Crippen molar-refractivity contribution in [2.24, 2.45) is 11.7 Å². The second-order valence-electron chi connectivity index (χ2n) is 10.6. The fraction of sp³-hybridized carbons (Fsp3) is 0.536. The van der Waals surface area contributed by atoms with Gasteiger partial charge in [-0.2, -0.15) is 0 Å². The number of hydrogen-bond acceptors (Lipinski definition) is 9. The first kappa shape index (κ1) is 35.9. The molecule has 1 aromatic carbocycles. The van der Waals surface area contributed by atoms with Crippen molar-refractivity contribution in [2.75, 3.05) is 19.6 Å². The Balaban J connectivity index is 1.81. The zero-order valence-corrected chi connectivity index (χ0v) is 25.8. The van der Waals surface area contributed by atoms with Gasteiger partial charge in [-0.25, -0.2) is 4.79 Å². The van der Waals surface area contributed by atoms with E-state index in [1.54, 1.807) is 24.3 Å². The van der Waals surface area contributed by atoms with Gasteiger partial charge in [-0.3, -0.25) is 32.7 Å². The number of nitrogens with zero attached hydrogens (tertiary/aromatic N) is 1. The van der Waals surface area contributed by atoms with Gasteiger partial charge in [0.05, 0.1) is 23.2 Å². The Kier molecular flexibility index (Phi) is 14.5. The van der Waals surface area contributed by atoms with Crippen LogP contribution < -0.4 is 37.9 Å². The highest BCUT2D eigenvalue weighted by molar-refractivity contribution is 7.13. The number of fused-ring (bicyclic) bond motifs is 1. The maximum Gasteiger partial charge on any atom is 0.326 e. The Morgan fingerprint density at radius 2 is 1.50 bits per heavy atom. The summed E-state index contributed by atoms with van der Waals surface area (Å²) in [5.41, 5.74) is 5.22. The highest BCUT2D eigenvalue weighted by atomic mass is 32.1. The minimum absolute atomic E-state index is 0.00636. The molecule has 1 heterocycles. The van der Waals surface area contributed by atoms with Gasteiger partial charge < -0.3 is 37.4 Å². The van der Waals surface area contributed by atoms with Crippen LogP contribution in [0.25, 0.3) is 10.1 Å². The van der Waals surface area contributed by atoms with Gasteiger partial charge in [0, 0.05) is 0 Å². The smallest absolute Gasteiger partial charge is 0.326 e. The molecule has 0 fully saturated rings. The van der Waals surface area contributed by atoms with Crippen LogP contribution in [0, 0.1) is 5.92 Å². The van der Waals surface area contributed by atoms with E-state index in [2.05, 4.69) is 26.6 Å². The average molecular weight is 636 g/mol. The van der Waals surface area contributed by atoms with Gasteiger partial charge >= 0.3 is 5.97 Å². The summed E-state index contributed by atoms with van der Waals surface area (Å²) in [6, 6.07) is 3.68. The van der Waals surface area contributed by atoms with Crippen molar-refractivity contribution in [3.8, 4) is 0 Å². The predicted octanol–water partition coefficient (Wildman–Crippen LogP) is -0.971. The summed E-state index contributed by atoms with van der Waals surface area (Å²) in [6.45, 7) is 4.22. The van der Waals surface area contributed by atoms with E-state index >= 15 is 0 Å². The molecule has 0 saturated heterocycles. The third kappa shape index (κ3) is 11.8. The fourth-order valence-corrected chi connectivity index (χ4v) is 5.10. The summed E-state index contributed by atoms with van der Waals surface area (Å²) in [4.78, 5) is 86.3. The number of nitrogens with two attached hydrogens (primary N) is 1. The van der Waals surface area contributed by atoms with Crippen LogP contribution in [0.3, 0.4) is 0 Å². The van der Waals surface area contributed by atoms with Gasteiger partial charge in [0.15, 0.2) is 0 Å². The number of carbonyl (C=O) groups excluding carboxylic acids is 5. The molecule has 0 spiro atoms. The summed E-state index contributed by atoms with van der Waals surface area (Å²) < 4.78 is 2.01. The number of aliphatic carboxylic acids is 1. The van der Waals surface area contributed by atoms with Crippen LogP contribution in [0.1, 0.15) is 46.5 Å². The molecule has 0 aliphatic carbocycles. The number of carboxylic acids is 1. The van der Waals surface area contributed by atoms with Crippen molar-refractivity contribution in [3.05, 3.63) is 34.6 Å². The van der Waals surface area contributed by atoms with Crippen LogP contribution in [-0.4, -0.2) is 82.3 Å². The second kappa shape index (κ2) is 17.7. The quantitative estimate of drug-likeness (QED) is 0.0998. The van der Waals surface area contributed by atoms with Crippen molar-refractivity contribution in [2.45, 2.75) is 71.1 Å². The first-order valence-electron chi connectivity index (χ1n) is 14.3. The van der Waals surface area contributed by atoms with E-state index in [-0.39, 0.29) is 30.9 Å². The number of carboxylic acid groups (broad SMARTS) is 1. The largest absolute Gasteiger partial charge is 0.480 e. The minimum Gasteiger partial charge on any atom is -0.480 e. The summed E-state index contributed by atoms with van der Waals surface area (Å²) in [6.07, 6.45) is 1.51. The number of carbonyl (C=O) groups is 6. The second-order valence-corrected chi connectivity index (χ2v) is 11.7. The van der Waals surface area contributed by atoms with E-state index in [9.17, 15) is 38.7 Å². The summed E-state index contributed by atoms with van der Waals surface area (Å²) in [5, 5.41) is 22.1. The molecular weight excluding hydrogens is 594 g/mol. The minimum atomic E-state index is -1.19. The number of hydrogen-bond donors (Lipinski definition) is 7. The summed E-state index contributed by atoms with van der Waals surface area (Å²) in [7, 11) is 0. The SMILES string of the molecule is CC(C)C[C@@H](NC(=O)[C@@H](CCCCN)NC(=O)[C@@H](C)NC(=O)CNC(=O)CNC(=O)Cn1sc2ccccc2c1=O)C(=O)O. The molecule has 242 valence electrons. The molecule has 0 radical (unpaired) electrons. The molecule has 2 rings (SSSR count). The normalized spacial score (nSPS) is 13.0. The van der Waals surface area contributed by atoms with Crippen molar-refractivity contribution in [1.82, 2.24) is 30.5 Å². The lowest BCUT2D eigenvalue weighted by atomic mass is 10.0. The lowest BCUT2D eigenvalue weighted by molar-refractivity contribution is -0.142. The third-order valence-corrected chi connectivity index (χ3v) is 7.47. The Bertz CT molecular complexity index is 1390. The standard InChI is InChI=1S/C28H41N7O8S/c1-16(2)12-20(28(42)43)34-26(40)19(9-6-7-11-29)33-25(39)17(3)32-23(37)14-30-22(36)13-31-24(38)15-35-27(41)18-8-4-5-10-21(18)44-35/h4-5,8,10,16-17,19-20H,6-7,9,11-15,29H2,1-3H3,(H,30,36)(H,31,38)(H,32,37)(H,33,39)(H,34,40)(H,42,43)/t17-,19-,20-/m1/s1. The van der Waals surface area contributed by atoms with Gasteiger partial charge in [0.2, 0.25) is 29.5 Å². The van der Waals surface area contributed by atoms with E-state index in [1.807, 2.05) is 13.8 Å². The van der Waals surface area contributed by atoms with Gasteiger partial charge in [0.25, 0.3) is 5.56 Å². The topological polar surface area (TPSA) is 231 Å². The number of rotatable bonds is 18. The highest BCUT2D eigenvalue weighted by Gasteiger charge is 2.28. The van der Waals surface area contributed by atoms with E-state index in [1.165, 1.54) is 10.9 Å². The molecule has 1 aromatic heterocycles. The Hall–Kier alpha value is -4.31. The van der Waals surface area contributed by atoms with Crippen molar-refractivity contribution >= 4 is 57.1 Å². The van der Waals surface area contributed by atoms with E-state index in [4.69, 9.17) is 5.73 Å². The molecular formula is C28H41N7O8S. The molecule has 44 heavy (non-hydrogen) atoms. The maximum absolute atomic E-state index is 12.9. The summed E-state index contributed by atoms with van der Waals surface area (Å²) in [5.74, 6) is -4.45. The molecule has 0 aliphatic heterocycles. The summed E-state index contributed by atoms with van der Waals surface area (Å²) >= 11 is 1.13. The van der Waals surface area contributed by atoms with E-state index in [0.717, 1.165) is 16.2 Å². The molecule has 0 bridgehead atoms. The van der Waals surface area contributed by atoms with Crippen LogP contribution in [-0.2, 0) is 35.3 Å². The lowest BCUT2D eigenvalue weighted by Gasteiger charge is -2.24. The van der Waals surface area contributed by atoms with Gasteiger partial charge in [0.1, 0.15) is 24.7 Å². The fourth-order valence-electron chi connectivity index (χ4n) is 4.11. The van der Waals surface area contributed by atoms with Crippen LogP contribution >= 0.6 is 11.5 Å². The Morgan fingerprint density at radius 1 is 0.864 bits per heavy atom. The maximum atomic E-state index is 12.9. The molecule has 16 heteroatoms. The molecule has 8 N–H and O–H groups in total. The molecule has 5 amide bonds. The number of amides is 5. The number of benzene rings is 1. The number of aromatic nitrogens is 1. The predicted molar refractivity (Wildman–Crippen MR) is 164 cm³/mol. The van der Waals surface area contributed by atoms with Crippen molar-refractivity contribution in [3.63, 3.8) is 0 Å².